The number of nitro groups is 1. The summed E-state index contributed by atoms with van der Waals surface area (Å²) in [5.74, 6) is -0.637. The lowest BCUT2D eigenvalue weighted by atomic mass is 10.3. The van der Waals surface area contributed by atoms with Crippen LogP contribution in [0.25, 0.3) is 0 Å². The van der Waals surface area contributed by atoms with E-state index in [1.54, 1.807) is 0 Å². The molecule has 0 spiro atoms. The first-order chi connectivity index (χ1) is 9.61. The van der Waals surface area contributed by atoms with E-state index in [1.165, 1.54) is 37.8 Å². The average Bonchev–Trinajstić information content (AvgIpc) is 2.48. The van der Waals surface area contributed by atoms with Crippen molar-refractivity contribution in [2.45, 2.75) is 0 Å². The Bertz CT molecular complexity index is 645. The van der Waals surface area contributed by atoms with Gasteiger partial charge in [-0.2, -0.15) is 0 Å². The van der Waals surface area contributed by atoms with Crippen LogP contribution in [-0.2, 0) is 0 Å². The third-order valence-corrected chi connectivity index (χ3v) is 2.33. The fraction of sp³-hybridized carbons (Fsp3) is 0.0833. The van der Waals surface area contributed by atoms with Gasteiger partial charge >= 0.3 is 5.97 Å². The molecular formula is C12H9N3O5. The maximum absolute atomic E-state index is 11.8. The van der Waals surface area contributed by atoms with Gasteiger partial charge in [0.15, 0.2) is 17.2 Å². The number of nitrogens with zero attached hydrogens (tertiary/aromatic N) is 3. The van der Waals surface area contributed by atoms with Crippen molar-refractivity contribution in [3.63, 3.8) is 0 Å². The van der Waals surface area contributed by atoms with E-state index in [-0.39, 0.29) is 22.9 Å². The number of carbonyl (C=O) groups excluding carboxylic acids is 1. The molecule has 1 aromatic carbocycles. The zero-order valence-corrected chi connectivity index (χ0v) is 10.3. The highest BCUT2D eigenvalue weighted by molar-refractivity contribution is 5.89. The van der Waals surface area contributed by atoms with Gasteiger partial charge in [0.25, 0.3) is 5.69 Å². The van der Waals surface area contributed by atoms with Gasteiger partial charge in [0.05, 0.1) is 24.3 Å². The van der Waals surface area contributed by atoms with Gasteiger partial charge in [-0.15, -0.1) is 0 Å². The minimum absolute atomic E-state index is 0.0129. The van der Waals surface area contributed by atoms with Gasteiger partial charge in [0.2, 0.25) is 0 Å². The molecule has 2 rings (SSSR count). The molecule has 20 heavy (non-hydrogen) atoms. The summed E-state index contributed by atoms with van der Waals surface area (Å²) in [4.78, 5) is 29.4. The Hall–Kier alpha value is -3.03. The number of benzene rings is 1. The van der Waals surface area contributed by atoms with Gasteiger partial charge in [0.1, 0.15) is 0 Å². The molecule has 0 unspecified atom stereocenters. The second-order valence-corrected chi connectivity index (χ2v) is 3.57. The number of aromatic nitrogens is 2. The highest BCUT2D eigenvalue weighted by Crippen LogP contribution is 2.31. The van der Waals surface area contributed by atoms with Crippen molar-refractivity contribution in [3.8, 4) is 11.5 Å². The lowest BCUT2D eigenvalue weighted by Gasteiger charge is -2.08. The Morgan fingerprint density at radius 1 is 1.30 bits per heavy atom. The van der Waals surface area contributed by atoms with Crippen LogP contribution in [0.3, 0.4) is 0 Å². The van der Waals surface area contributed by atoms with Crippen LogP contribution in [0.4, 0.5) is 5.69 Å². The fourth-order valence-electron chi connectivity index (χ4n) is 1.42. The summed E-state index contributed by atoms with van der Waals surface area (Å²) in [6.07, 6.45) is 3.97. The molecule has 1 aromatic heterocycles. The predicted molar refractivity (Wildman–Crippen MR) is 66.6 cm³/mol. The van der Waals surface area contributed by atoms with Crippen LogP contribution in [0.2, 0.25) is 0 Å². The number of ether oxygens (including phenoxy) is 2. The van der Waals surface area contributed by atoms with Gasteiger partial charge in [-0.1, -0.05) is 0 Å². The first kappa shape index (κ1) is 13.4. The van der Waals surface area contributed by atoms with Crippen LogP contribution in [0.15, 0.2) is 36.8 Å². The zero-order chi connectivity index (χ0) is 14.5. The molecule has 8 heteroatoms. The van der Waals surface area contributed by atoms with Crippen molar-refractivity contribution in [1.82, 2.24) is 9.97 Å². The van der Waals surface area contributed by atoms with Gasteiger partial charge in [-0.05, 0) is 6.07 Å². The van der Waals surface area contributed by atoms with Crippen LogP contribution in [0.5, 0.6) is 11.5 Å². The number of hydrogen-bond donors (Lipinski definition) is 0. The summed E-state index contributed by atoms with van der Waals surface area (Å²) in [7, 11) is 1.36. The summed E-state index contributed by atoms with van der Waals surface area (Å²) in [5.41, 5.74) is -0.228. The quantitative estimate of drug-likeness (QED) is 0.361. The smallest absolute Gasteiger partial charge is 0.364 e. The van der Waals surface area contributed by atoms with Crippen LogP contribution >= 0.6 is 0 Å². The Morgan fingerprint density at radius 3 is 2.70 bits per heavy atom. The van der Waals surface area contributed by atoms with E-state index in [4.69, 9.17) is 9.47 Å². The molecule has 0 aliphatic rings. The van der Waals surface area contributed by atoms with Crippen molar-refractivity contribution in [1.29, 1.82) is 0 Å². The van der Waals surface area contributed by atoms with E-state index in [2.05, 4.69) is 9.97 Å². The standard InChI is InChI=1S/C12H9N3O5/c1-19-10-3-2-8(15(17)18)6-11(10)20-12(16)9-7-13-4-5-14-9/h2-7H,1H3. The normalized spacial score (nSPS) is 9.85. The third kappa shape index (κ3) is 2.86. The van der Waals surface area contributed by atoms with Crippen molar-refractivity contribution in [2.24, 2.45) is 0 Å². The lowest BCUT2D eigenvalue weighted by Crippen LogP contribution is -2.11. The highest BCUT2D eigenvalue weighted by Gasteiger charge is 2.17. The highest BCUT2D eigenvalue weighted by atomic mass is 16.6. The molecule has 0 atom stereocenters. The summed E-state index contributed by atoms with van der Waals surface area (Å²) in [5, 5.41) is 10.7. The molecule has 1 heterocycles. The van der Waals surface area contributed by atoms with E-state index in [0.717, 1.165) is 6.07 Å². The van der Waals surface area contributed by atoms with E-state index in [9.17, 15) is 14.9 Å². The topological polar surface area (TPSA) is 104 Å². The second kappa shape index (κ2) is 5.74. The van der Waals surface area contributed by atoms with E-state index in [1.807, 2.05) is 0 Å². The molecule has 0 radical (unpaired) electrons. The lowest BCUT2D eigenvalue weighted by molar-refractivity contribution is -0.384. The average molecular weight is 275 g/mol. The largest absolute Gasteiger partial charge is 0.493 e. The molecule has 102 valence electrons. The second-order valence-electron chi connectivity index (χ2n) is 3.57. The number of methoxy groups -OCH3 is 1. The molecule has 0 aliphatic heterocycles. The molecule has 0 fully saturated rings. The molecule has 2 aromatic rings. The van der Waals surface area contributed by atoms with Crippen LogP contribution in [0.1, 0.15) is 10.5 Å². The summed E-state index contributed by atoms with van der Waals surface area (Å²) in [6.45, 7) is 0. The molecular weight excluding hydrogens is 266 g/mol. The van der Waals surface area contributed by atoms with Crippen molar-refractivity contribution < 1.29 is 19.2 Å². The van der Waals surface area contributed by atoms with E-state index < -0.39 is 10.9 Å². The minimum Gasteiger partial charge on any atom is -0.493 e. The maximum atomic E-state index is 11.8. The third-order valence-electron chi connectivity index (χ3n) is 2.33. The summed E-state index contributed by atoms with van der Waals surface area (Å²) in [6, 6.07) is 3.70. The van der Waals surface area contributed by atoms with Crippen LogP contribution in [0, 0.1) is 10.1 Å². The fourth-order valence-corrected chi connectivity index (χ4v) is 1.42. The van der Waals surface area contributed by atoms with Crippen LogP contribution in [-0.4, -0.2) is 28.0 Å². The number of carbonyl (C=O) groups is 1. The van der Waals surface area contributed by atoms with Crippen molar-refractivity contribution in [3.05, 3.63) is 52.6 Å². The molecule has 8 nitrogen and oxygen atoms in total. The molecule has 0 N–H and O–H groups in total. The molecule has 0 amide bonds. The Kier molecular flexibility index (Phi) is 3.85. The van der Waals surface area contributed by atoms with Gasteiger partial charge < -0.3 is 9.47 Å². The minimum atomic E-state index is -0.781. The monoisotopic (exact) mass is 275 g/mol. The molecule has 0 bridgehead atoms. The summed E-state index contributed by atoms with van der Waals surface area (Å²) < 4.78 is 10.0. The maximum Gasteiger partial charge on any atom is 0.364 e. The number of hydrogen-bond acceptors (Lipinski definition) is 7. The van der Waals surface area contributed by atoms with Gasteiger partial charge in [0, 0.05) is 18.5 Å². The zero-order valence-electron chi connectivity index (χ0n) is 10.3. The number of esters is 1. The van der Waals surface area contributed by atoms with Crippen molar-refractivity contribution >= 4 is 11.7 Å². The Labute approximate surface area is 113 Å². The summed E-state index contributed by atoms with van der Waals surface area (Å²) >= 11 is 0. The number of non-ortho nitro benzene ring substituents is 1. The van der Waals surface area contributed by atoms with E-state index in [0.29, 0.717) is 0 Å². The number of rotatable bonds is 4. The van der Waals surface area contributed by atoms with Crippen molar-refractivity contribution in [2.75, 3.05) is 7.11 Å². The molecule has 0 saturated heterocycles. The van der Waals surface area contributed by atoms with Crippen LogP contribution < -0.4 is 9.47 Å². The Morgan fingerprint density at radius 2 is 2.10 bits per heavy atom. The first-order valence-corrected chi connectivity index (χ1v) is 5.42. The first-order valence-electron chi connectivity index (χ1n) is 5.42. The number of nitro benzene ring substituents is 1. The predicted octanol–water partition coefficient (Wildman–Crippen LogP) is 1.61. The van der Waals surface area contributed by atoms with E-state index >= 15 is 0 Å². The molecule has 0 saturated carbocycles. The molecule has 0 aliphatic carbocycles. The SMILES string of the molecule is COc1ccc([N+](=O)[O-])cc1OC(=O)c1cnccn1. The van der Waals surface area contributed by atoms with Gasteiger partial charge in [-0.3, -0.25) is 15.1 Å². The Balaban J connectivity index is 2.30. The van der Waals surface area contributed by atoms with Gasteiger partial charge in [-0.25, -0.2) is 9.78 Å².